The second-order valence-corrected chi connectivity index (χ2v) is 5.07. The lowest BCUT2D eigenvalue weighted by atomic mass is 10.1. The highest BCUT2D eigenvalue weighted by Crippen LogP contribution is 2.22. The fourth-order valence-electron chi connectivity index (χ4n) is 2.18. The minimum atomic E-state index is 0.821. The number of hydrogen-bond donors (Lipinski definition) is 0. The molecule has 0 N–H and O–H groups in total. The van der Waals surface area contributed by atoms with E-state index in [1.807, 2.05) is 35.9 Å². The van der Waals surface area contributed by atoms with Gasteiger partial charge in [-0.1, -0.05) is 54.2 Å². The first kappa shape index (κ1) is 12.1. The van der Waals surface area contributed by atoms with Crippen LogP contribution in [0, 0.1) is 11.6 Å². The van der Waals surface area contributed by atoms with Gasteiger partial charge >= 0.3 is 0 Å². The summed E-state index contributed by atoms with van der Waals surface area (Å²) in [5, 5.41) is 1.02. The highest BCUT2D eigenvalue weighted by molar-refractivity contribution is 7.71. The summed E-state index contributed by atoms with van der Waals surface area (Å²) in [6.07, 6.45) is 0. The maximum absolute atomic E-state index is 5.53. The first-order valence-electron chi connectivity index (χ1n) is 6.19. The van der Waals surface area contributed by atoms with Crippen molar-refractivity contribution in [3.63, 3.8) is 0 Å². The van der Waals surface area contributed by atoms with Crippen molar-refractivity contribution >= 4 is 23.1 Å². The van der Waals surface area contributed by atoms with Gasteiger partial charge in [0, 0.05) is 18.0 Å². The van der Waals surface area contributed by atoms with Crippen molar-refractivity contribution < 1.29 is 0 Å². The van der Waals surface area contributed by atoms with Gasteiger partial charge in [0.1, 0.15) is 10.5 Å². The van der Waals surface area contributed by atoms with Gasteiger partial charge in [-0.2, -0.15) is 0 Å². The van der Waals surface area contributed by atoms with E-state index in [1.165, 1.54) is 5.56 Å². The summed E-state index contributed by atoms with van der Waals surface area (Å²) in [5.41, 5.74) is 3.27. The van der Waals surface area contributed by atoms with Crippen LogP contribution in [0.15, 0.2) is 48.5 Å². The Labute approximate surface area is 117 Å². The molecule has 0 radical (unpaired) electrons. The van der Waals surface area contributed by atoms with Gasteiger partial charge in [-0.15, -0.1) is 0 Å². The molecule has 3 heteroatoms. The summed E-state index contributed by atoms with van der Waals surface area (Å²) in [5.74, 6) is 0.906. The van der Waals surface area contributed by atoms with Crippen molar-refractivity contribution in [3.8, 4) is 11.4 Å². The van der Waals surface area contributed by atoms with Crippen LogP contribution < -0.4 is 0 Å². The van der Waals surface area contributed by atoms with Gasteiger partial charge < -0.3 is 4.57 Å². The third-order valence-corrected chi connectivity index (χ3v) is 3.79. The fourth-order valence-corrected chi connectivity index (χ4v) is 2.44. The molecule has 94 valence electrons. The Morgan fingerprint density at radius 3 is 2.42 bits per heavy atom. The molecule has 0 spiro atoms. The van der Waals surface area contributed by atoms with Crippen LogP contribution in [0.4, 0.5) is 0 Å². The van der Waals surface area contributed by atoms with Crippen molar-refractivity contribution in [1.29, 1.82) is 0 Å². The molecule has 0 bridgehead atoms. The molecule has 0 aliphatic carbocycles. The number of para-hydroxylation sites is 1. The molecule has 1 heterocycles. The third kappa shape index (κ3) is 2.06. The normalized spacial score (nSPS) is 10.8. The van der Waals surface area contributed by atoms with Crippen LogP contribution in [-0.4, -0.2) is 9.55 Å². The molecule has 3 aromatic rings. The molecule has 0 unspecified atom stereocenters. The number of benzene rings is 2. The SMILES string of the molecule is Cc1ccc(-c2nc3ccccc3c(=S)n2C)cc1. The Kier molecular flexibility index (Phi) is 2.91. The van der Waals surface area contributed by atoms with Crippen LogP contribution in [0.25, 0.3) is 22.3 Å². The monoisotopic (exact) mass is 266 g/mol. The number of fused-ring (bicyclic) bond motifs is 1. The molecule has 2 aromatic carbocycles. The van der Waals surface area contributed by atoms with E-state index in [0.717, 1.165) is 26.9 Å². The Bertz CT molecular complexity index is 801. The topological polar surface area (TPSA) is 17.8 Å². The van der Waals surface area contributed by atoms with Gasteiger partial charge in [0.25, 0.3) is 0 Å². The molecule has 19 heavy (non-hydrogen) atoms. The second kappa shape index (κ2) is 4.59. The molecule has 3 rings (SSSR count). The van der Waals surface area contributed by atoms with E-state index in [0.29, 0.717) is 0 Å². The van der Waals surface area contributed by atoms with Gasteiger partial charge in [0.15, 0.2) is 0 Å². The average Bonchev–Trinajstić information content (AvgIpc) is 2.44. The second-order valence-electron chi connectivity index (χ2n) is 4.68. The van der Waals surface area contributed by atoms with E-state index in [2.05, 4.69) is 31.2 Å². The molecule has 2 nitrogen and oxygen atoms in total. The summed E-state index contributed by atoms with van der Waals surface area (Å²) in [6, 6.07) is 16.4. The molecule has 0 amide bonds. The number of nitrogens with zero attached hydrogens (tertiary/aromatic N) is 2. The maximum atomic E-state index is 5.53. The fraction of sp³-hybridized carbons (Fsp3) is 0.125. The molecule has 1 aromatic heterocycles. The van der Waals surface area contributed by atoms with Crippen molar-refractivity contribution in [2.24, 2.45) is 7.05 Å². The lowest BCUT2D eigenvalue weighted by Gasteiger charge is -2.11. The molecule has 0 aliphatic rings. The van der Waals surface area contributed by atoms with Crippen LogP contribution in [0.3, 0.4) is 0 Å². The van der Waals surface area contributed by atoms with Gasteiger partial charge in [0.05, 0.1) is 5.52 Å². The zero-order chi connectivity index (χ0) is 13.4. The summed E-state index contributed by atoms with van der Waals surface area (Å²) in [7, 11) is 1.97. The van der Waals surface area contributed by atoms with Crippen molar-refractivity contribution in [1.82, 2.24) is 9.55 Å². The van der Waals surface area contributed by atoms with E-state index in [-0.39, 0.29) is 0 Å². The predicted octanol–water partition coefficient (Wildman–Crippen LogP) is 4.28. The largest absolute Gasteiger partial charge is 0.319 e. The Balaban J connectivity index is 2.33. The Morgan fingerprint density at radius 1 is 1.00 bits per heavy atom. The van der Waals surface area contributed by atoms with Crippen LogP contribution in [0.5, 0.6) is 0 Å². The van der Waals surface area contributed by atoms with E-state index in [9.17, 15) is 0 Å². The molecule has 0 fully saturated rings. The Hall–Kier alpha value is -2.00. The smallest absolute Gasteiger partial charge is 0.141 e. The summed E-state index contributed by atoms with van der Waals surface area (Å²) < 4.78 is 2.80. The average molecular weight is 266 g/mol. The minimum absolute atomic E-state index is 0.821. The molecule has 0 aliphatic heterocycles. The highest BCUT2D eigenvalue weighted by Gasteiger charge is 2.07. The molecular formula is C16H14N2S. The van der Waals surface area contributed by atoms with Crippen molar-refractivity contribution in [3.05, 3.63) is 58.7 Å². The van der Waals surface area contributed by atoms with Gasteiger partial charge in [-0.25, -0.2) is 4.98 Å². The maximum Gasteiger partial charge on any atom is 0.141 e. The van der Waals surface area contributed by atoms with Crippen molar-refractivity contribution in [2.75, 3.05) is 0 Å². The number of aromatic nitrogens is 2. The quantitative estimate of drug-likeness (QED) is 0.612. The molecule has 0 atom stereocenters. The number of aryl methyl sites for hydroxylation is 1. The predicted molar refractivity (Wildman–Crippen MR) is 81.7 cm³/mol. The van der Waals surface area contributed by atoms with Crippen LogP contribution in [-0.2, 0) is 7.05 Å². The Morgan fingerprint density at radius 2 is 1.68 bits per heavy atom. The molecule has 0 saturated heterocycles. The van der Waals surface area contributed by atoms with Crippen molar-refractivity contribution in [2.45, 2.75) is 6.92 Å². The summed E-state index contributed by atoms with van der Waals surface area (Å²) in [6.45, 7) is 2.08. The zero-order valence-electron chi connectivity index (χ0n) is 10.9. The van der Waals surface area contributed by atoms with Gasteiger partial charge in [-0.05, 0) is 19.1 Å². The van der Waals surface area contributed by atoms with E-state index in [1.54, 1.807) is 0 Å². The van der Waals surface area contributed by atoms with E-state index in [4.69, 9.17) is 17.2 Å². The summed E-state index contributed by atoms with van der Waals surface area (Å²) in [4.78, 5) is 4.73. The standard InChI is InChI=1S/C16H14N2S/c1-11-7-9-12(10-8-11)15-17-14-6-4-3-5-13(14)16(19)18(15)2/h3-10H,1-2H3. The van der Waals surface area contributed by atoms with Gasteiger partial charge in [0.2, 0.25) is 0 Å². The summed E-state index contributed by atoms with van der Waals surface area (Å²) >= 11 is 5.53. The zero-order valence-corrected chi connectivity index (χ0v) is 11.7. The third-order valence-electron chi connectivity index (χ3n) is 3.29. The first-order valence-corrected chi connectivity index (χ1v) is 6.60. The van der Waals surface area contributed by atoms with E-state index >= 15 is 0 Å². The minimum Gasteiger partial charge on any atom is -0.319 e. The lowest BCUT2D eigenvalue weighted by molar-refractivity contribution is 0.879. The van der Waals surface area contributed by atoms with Crippen LogP contribution in [0.1, 0.15) is 5.56 Å². The number of hydrogen-bond acceptors (Lipinski definition) is 2. The van der Waals surface area contributed by atoms with Crippen LogP contribution >= 0.6 is 12.2 Å². The van der Waals surface area contributed by atoms with Gasteiger partial charge in [-0.3, -0.25) is 0 Å². The van der Waals surface area contributed by atoms with Crippen LogP contribution in [0.2, 0.25) is 0 Å². The van der Waals surface area contributed by atoms with E-state index < -0.39 is 0 Å². The molecule has 0 saturated carbocycles. The first-order chi connectivity index (χ1) is 9.16. The number of rotatable bonds is 1. The lowest BCUT2D eigenvalue weighted by Crippen LogP contribution is -2.02. The molecular weight excluding hydrogens is 252 g/mol. The highest BCUT2D eigenvalue weighted by atomic mass is 32.1.